The number of fused-ring (bicyclic) bond motifs is 6. The molecule has 0 N–H and O–H groups in total. The molecule has 0 bridgehead atoms. The number of para-hydroxylation sites is 4. The highest BCUT2D eigenvalue weighted by Gasteiger charge is 2.49. The summed E-state index contributed by atoms with van der Waals surface area (Å²) in [4.78, 5) is 4.87. The van der Waals surface area contributed by atoms with Crippen LogP contribution in [0.2, 0.25) is 0 Å². The molecule has 2 aliphatic rings. The Bertz CT molecular complexity index is 2920. The first-order chi connectivity index (χ1) is 29.5. The van der Waals surface area contributed by atoms with Crippen molar-refractivity contribution in [3.8, 4) is 22.3 Å². The molecule has 0 radical (unpaired) electrons. The molecule has 286 valence electrons. The molecule has 2 nitrogen and oxygen atoms in total. The molecular weight excluding hydrogens is 725 g/mol. The second-order valence-electron chi connectivity index (χ2n) is 16.5. The average molecular weight is 769 g/mol. The summed E-state index contributed by atoms with van der Waals surface area (Å²) in [5, 5.41) is 0. The van der Waals surface area contributed by atoms with Crippen LogP contribution in [0.1, 0.15) is 47.2 Å². The monoisotopic (exact) mass is 768 g/mol. The fourth-order valence-corrected chi connectivity index (χ4v) is 10.3. The fraction of sp³-hybridized carbons (Fsp3) is 0.0690. The van der Waals surface area contributed by atoms with Crippen molar-refractivity contribution in [2.75, 3.05) is 9.80 Å². The van der Waals surface area contributed by atoms with Gasteiger partial charge in [-0.3, -0.25) is 0 Å². The SMILES string of the molecule is CC1(C)c2ccccc2-c2cc(C3(c4ccccc4)c4ccccc4-c4c(N(c5ccccc5)c5ccccc5)cc(N(c5ccccc5)c5ccccc5)cc43)ccc21. The van der Waals surface area contributed by atoms with Gasteiger partial charge in [0.2, 0.25) is 0 Å². The molecule has 9 aromatic rings. The Morgan fingerprint density at radius 2 is 0.750 bits per heavy atom. The zero-order valence-electron chi connectivity index (χ0n) is 33.8. The molecule has 2 aliphatic carbocycles. The molecule has 0 saturated carbocycles. The number of rotatable bonds is 8. The van der Waals surface area contributed by atoms with E-state index in [0.29, 0.717) is 0 Å². The predicted octanol–water partition coefficient (Wildman–Crippen LogP) is 15.3. The number of anilines is 6. The first-order valence-electron chi connectivity index (χ1n) is 20.9. The number of nitrogens with zero attached hydrogens (tertiary/aromatic N) is 2. The van der Waals surface area contributed by atoms with Gasteiger partial charge < -0.3 is 9.80 Å². The maximum Gasteiger partial charge on any atom is 0.0715 e. The van der Waals surface area contributed by atoms with Gasteiger partial charge in [0.05, 0.1) is 11.1 Å². The lowest BCUT2D eigenvalue weighted by Gasteiger charge is -2.36. The highest BCUT2D eigenvalue weighted by molar-refractivity contribution is 6.00. The quantitative estimate of drug-likeness (QED) is 0.152. The third-order valence-electron chi connectivity index (χ3n) is 12.9. The minimum absolute atomic E-state index is 0.103. The van der Waals surface area contributed by atoms with Gasteiger partial charge in [-0.05, 0) is 117 Å². The van der Waals surface area contributed by atoms with Crippen LogP contribution in [0.25, 0.3) is 22.3 Å². The van der Waals surface area contributed by atoms with Crippen molar-refractivity contribution in [1.29, 1.82) is 0 Å². The van der Waals surface area contributed by atoms with Crippen LogP contribution >= 0.6 is 0 Å². The van der Waals surface area contributed by atoms with Gasteiger partial charge >= 0.3 is 0 Å². The van der Waals surface area contributed by atoms with Crippen molar-refractivity contribution in [1.82, 2.24) is 0 Å². The minimum Gasteiger partial charge on any atom is -0.310 e. The molecule has 0 aliphatic heterocycles. The Morgan fingerprint density at radius 3 is 1.32 bits per heavy atom. The van der Waals surface area contributed by atoms with Gasteiger partial charge in [-0.2, -0.15) is 0 Å². The normalized spacial score (nSPS) is 15.4. The Kier molecular flexibility index (Phi) is 8.42. The summed E-state index contributed by atoms with van der Waals surface area (Å²) in [5.41, 5.74) is 18.7. The van der Waals surface area contributed by atoms with Crippen LogP contribution in [0.3, 0.4) is 0 Å². The van der Waals surface area contributed by atoms with Gasteiger partial charge in [-0.25, -0.2) is 0 Å². The van der Waals surface area contributed by atoms with Gasteiger partial charge in [-0.1, -0.05) is 178 Å². The van der Waals surface area contributed by atoms with E-state index in [1.807, 2.05) is 0 Å². The minimum atomic E-state index is -0.660. The molecule has 0 saturated heterocycles. The van der Waals surface area contributed by atoms with Gasteiger partial charge in [0.15, 0.2) is 0 Å². The molecule has 1 unspecified atom stereocenters. The Morgan fingerprint density at radius 1 is 0.300 bits per heavy atom. The van der Waals surface area contributed by atoms with Crippen LogP contribution in [0.15, 0.2) is 231 Å². The summed E-state index contributed by atoms with van der Waals surface area (Å²) in [5.74, 6) is 0. The number of hydrogen-bond donors (Lipinski definition) is 0. The number of benzene rings is 9. The summed E-state index contributed by atoms with van der Waals surface area (Å²) >= 11 is 0. The van der Waals surface area contributed by atoms with E-state index < -0.39 is 5.41 Å². The third kappa shape index (κ3) is 5.41. The first kappa shape index (κ1) is 35.7. The predicted molar refractivity (Wildman–Crippen MR) is 251 cm³/mol. The van der Waals surface area contributed by atoms with E-state index in [1.54, 1.807) is 0 Å². The van der Waals surface area contributed by atoms with E-state index in [2.05, 4.69) is 254 Å². The van der Waals surface area contributed by atoms with E-state index in [9.17, 15) is 0 Å². The molecule has 0 aromatic heterocycles. The highest BCUT2D eigenvalue weighted by atomic mass is 15.2. The molecule has 2 heteroatoms. The van der Waals surface area contributed by atoms with Gasteiger partial charge in [-0.15, -0.1) is 0 Å². The van der Waals surface area contributed by atoms with E-state index in [4.69, 9.17) is 0 Å². The molecule has 0 spiro atoms. The van der Waals surface area contributed by atoms with Crippen molar-refractivity contribution in [2.45, 2.75) is 24.7 Å². The van der Waals surface area contributed by atoms with Crippen LogP contribution < -0.4 is 9.80 Å². The van der Waals surface area contributed by atoms with Crippen molar-refractivity contribution >= 4 is 34.1 Å². The largest absolute Gasteiger partial charge is 0.310 e. The summed E-state index contributed by atoms with van der Waals surface area (Å²) < 4.78 is 0. The molecular formula is C58H44N2. The van der Waals surface area contributed by atoms with Crippen LogP contribution in [-0.4, -0.2) is 0 Å². The van der Waals surface area contributed by atoms with Gasteiger partial charge in [0, 0.05) is 39.4 Å². The van der Waals surface area contributed by atoms with Gasteiger partial charge in [0.25, 0.3) is 0 Å². The number of hydrogen-bond acceptors (Lipinski definition) is 2. The zero-order chi connectivity index (χ0) is 40.3. The maximum atomic E-state index is 2.52. The third-order valence-corrected chi connectivity index (χ3v) is 12.9. The van der Waals surface area contributed by atoms with Crippen molar-refractivity contribution in [2.24, 2.45) is 0 Å². The second kappa shape index (κ2) is 14.1. The summed E-state index contributed by atoms with van der Waals surface area (Å²) in [6.45, 7) is 4.74. The fourth-order valence-electron chi connectivity index (χ4n) is 10.3. The molecule has 0 fully saturated rings. The molecule has 9 aromatic carbocycles. The molecule has 1 atom stereocenters. The summed E-state index contributed by atoms with van der Waals surface area (Å²) in [6, 6.07) is 84.9. The van der Waals surface area contributed by atoms with E-state index in [1.165, 1.54) is 55.6 Å². The molecule has 11 rings (SSSR count). The van der Waals surface area contributed by atoms with Crippen LogP contribution in [0.4, 0.5) is 34.1 Å². The van der Waals surface area contributed by atoms with Crippen molar-refractivity contribution in [3.05, 3.63) is 264 Å². The van der Waals surface area contributed by atoms with E-state index in [-0.39, 0.29) is 5.41 Å². The van der Waals surface area contributed by atoms with Crippen LogP contribution in [0, 0.1) is 0 Å². The Hall–Kier alpha value is -7.42. The Balaban J connectivity index is 1.30. The lowest BCUT2D eigenvalue weighted by molar-refractivity contribution is 0.659. The molecule has 0 heterocycles. The lowest BCUT2D eigenvalue weighted by Crippen LogP contribution is -2.29. The zero-order valence-corrected chi connectivity index (χ0v) is 33.8. The lowest BCUT2D eigenvalue weighted by atomic mass is 9.67. The second-order valence-corrected chi connectivity index (χ2v) is 16.5. The smallest absolute Gasteiger partial charge is 0.0715 e. The summed E-state index contributed by atoms with van der Waals surface area (Å²) in [6.07, 6.45) is 0. The molecule has 60 heavy (non-hydrogen) atoms. The van der Waals surface area contributed by atoms with Crippen LogP contribution in [-0.2, 0) is 10.8 Å². The van der Waals surface area contributed by atoms with Crippen molar-refractivity contribution < 1.29 is 0 Å². The Labute approximate surface area is 353 Å². The maximum absolute atomic E-state index is 2.52. The molecule has 0 amide bonds. The van der Waals surface area contributed by atoms with E-state index in [0.717, 1.165) is 34.1 Å². The highest BCUT2D eigenvalue weighted by Crippen LogP contribution is 2.62. The summed E-state index contributed by atoms with van der Waals surface area (Å²) in [7, 11) is 0. The van der Waals surface area contributed by atoms with Gasteiger partial charge in [0.1, 0.15) is 0 Å². The average Bonchev–Trinajstić information content (AvgIpc) is 3.74. The van der Waals surface area contributed by atoms with E-state index >= 15 is 0 Å². The standard InChI is InChI=1S/C58H44N2/c1-57(2)51-34-20-18-32-48(51)50-38-42(36-37-52(50)57)58(41-22-8-3-9-23-41)53-35-21-19-33-49(53)56-54(58)39-47(59(43-24-10-4-11-25-43)44-26-12-5-13-27-44)40-55(56)60(45-28-14-6-15-29-45)46-30-16-7-17-31-46/h3-40H,1-2H3. The van der Waals surface area contributed by atoms with Crippen molar-refractivity contribution in [3.63, 3.8) is 0 Å². The first-order valence-corrected chi connectivity index (χ1v) is 20.9. The topological polar surface area (TPSA) is 6.48 Å². The van der Waals surface area contributed by atoms with Crippen LogP contribution in [0.5, 0.6) is 0 Å².